The van der Waals surface area contributed by atoms with Crippen LogP contribution in [0.4, 0.5) is 17.5 Å². The lowest BCUT2D eigenvalue weighted by Crippen LogP contribution is -2.30. The van der Waals surface area contributed by atoms with Crippen LogP contribution in [0, 0.1) is 0 Å². The van der Waals surface area contributed by atoms with Gasteiger partial charge in [0.1, 0.15) is 5.82 Å². The molecule has 1 aliphatic heterocycles. The molecule has 0 saturated carbocycles. The second-order valence-corrected chi connectivity index (χ2v) is 6.85. The standard InChI is InChI=1S/C20H24N6O2/c1-3-28-19(27)14-7-9-15(10-8-14)22-20-23-17-16(13-21-25(17)2)18(24-20)26-11-5-4-6-12-26/h7-10,13H,3-6,11-12H2,1-2H3,(H,22,23,24). The molecular formula is C20H24N6O2. The van der Waals surface area contributed by atoms with E-state index in [0.717, 1.165) is 35.6 Å². The maximum Gasteiger partial charge on any atom is 0.338 e. The van der Waals surface area contributed by atoms with Gasteiger partial charge < -0.3 is 15.0 Å². The van der Waals surface area contributed by atoms with E-state index in [-0.39, 0.29) is 5.97 Å². The minimum atomic E-state index is -0.325. The van der Waals surface area contributed by atoms with Crippen LogP contribution >= 0.6 is 0 Å². The second-order valence-electron chi connectivity index (χ2n) is 6.85. The lowest BCUT2D eigenvalue weighted by Gasteiger charge is -2.28. The maximum absolute atomic E-state index is 11.8. The molecule has 8 nitrogen and oxygen atoms in total. The van der Waals surface area contributed by atoms with E-state index in [1.165, 1.54) is 19.3 Å². The van der Waals surface area contributed by atoms with Gasteiger partial charge >= 0.3 is 5.97 Å². The van der Waals surface area contributed by atoms with Crippen molar-refractivity contribution < 1.29 is 9.53 Å². The second kappa shape index (κ2) is 7.84. The first-order chi connectivity index (χ1) is 13.7. The largest absolute Gasteiger partial charge is 0.462 e. The topological polar surface area (TPSA) is 85.2 Å². The van der Waals surface area contributed by atoms with Gasteiger partial charge in [0.2, 0.25) is 5.95 Å². The number of aryl methyl sites for hydroxylation is 1. The Bertz CT molecular complexity index is 976. The Hall–Kier alpha value is -3.16. The van der Waals surface area contributed by atoms with E-state index < -0.39 is 0 Å². The Balaban J connectivity index is 1.63. The van der Waals surface area contributed by atoms with Crippen LogP contribution in [0.1, 0.15) is 36.5 Å². The SMILES string of the molecule is CCOC(=O)c1ccc(Nc2nc(N3CCCCC3)c3cnn(C)c3n2)cc1. The third-order valence-electron chi connectivity index (χ3n) is 4.88. The maximum atomic E-state index is 11.8. The number of aromatic nitrogens is 4. The van der Waals surface area contributed by atoms with E-state index in [0.29, 0.717) is 18.1 Å². The van der Waals surface area contributed by atoms with Crippen molar-refractivity contribution in [2.45, 2.75) is 26.2 Å². The molecular weight excluding hydrogens is 356 g/mol. The van der Waals surface area contributed by atoms with Gasteiger partial charge in [-0.15, -0.1) is 0 Å². The van der Waals surface area contributed by atoms with Crippen molar-refractivity contribution in [3.05, 3.63) is 36.0 Å². The number of fused-ring (bicyclic) bond motifs is 1. The van der Waals surface area contributed by atoms with Crippen molar-refractivity contribution >= 4 is 34.5 Å². The zero-order valence-electron chi connectivity index (χ0n) is 16.2. The van der Waals surface area contributed by atoms with Gasteiger partial charge in [-0.25, -0.2) is 4.79 Å². The molecule has 4 rings (SSSR count). The van der Waals surface area contributed by atoms with Gasteiger partial charge in [0.05, 0.1) is 23.8 Å². The molecule has 1 aliphatic rings. The van der Waals surface area contributed by atoms with Gasteiger partial charge in [0.25, 0.3) is 0 Å². The van der Waals surface area contributed by atoms with Crippen molar-refractivity contribution in [1.82, 2.24) is 19.7 Å². The molecule has 0 radical (unpaired) electrons. The van der Waals surface area contributed by atoms with Crippen molar-refractivity contribution in [3.63, 3.8) is 0 Å². The molecule has 146 valence electrons. The van der Waals surface area contributed by atoms with E-state index in [9.17, 15) is 4.79 Å². The summed E-state index contributed by atoms with van der Waals surface area (Å²) in [6.45, 7) is 4.14. The van der Waals surface area contributed by atoms with E-state index in [2.05, 4.69) is 20.3 Å². The molecule has 3 aromatic rings. The number of anilines is 3. The molecule has 28 heavy (non-hydrogen) atoms. The van der Waals surface area contributed by atoms with Gasteiger partial charge in [-0.3, -0.25) is 4.68 Å². The average Bonchev–Trinajstić information content (AvgIpc) is 3.10. The number of esters is 1. The van der Waals surface area contributed by atoms with Crippen LogP contribution in [0.5, 0.6) is 0 Å². The average molecular weight is 380 g/mol. The molecule has 1 saturated heterocycles. The highest BCUT2D eigenvalue weighted by atomic mass is 16.5. The first kappa shape index (κ1) is 18.2. The molecule has 1 aromatic carbocycles. The number of rotatable bonds is 5. The Morgan fingerprint density at radius 2 is 1.89 bits per heavy atom. The molecule has 8 heteroatoms. The van der Waals surface area contributed by atoms with Crippen molar-refractivity contribution in [3.8, 4) is 0 Å². The summed E-state index contributed by atoms with van der Waals surface area (Å²) in [5.74, 6) is 1.11. The molecule has 0 unspecified atom stereocenters. The number of hydrogen-bond acceptors (Lipinski definition) is 7. The number of nitrogens with zero attached hydrogens (tertiary/aromatic N) is 5. The Morgan fingerprint density at radius 1 is 1.14 bits per heavy atom. The summed E-state index contributed by atoms with van der Waals surface area (Å²) in [6, 6.07) is 7.11. The van der Waals surface area contributed by atoms with E-state index in [1.807, 2.05) is 25.4 Å². The van der Waals surface area contributed by atoms with Gasteiger partial charge in [-0.1, -0.05) is 0 Å². The summed E-state index contributed by atoms with van der Waals surface area (Å²) in [6.07, 6.45) is 5.43. The fraction of sp³-hybridized carbons (Fsp3) is 0.400. The minimum absolute atomic E-state index is 0.325. The first-order valence-electron chi connectivity index (χ1n) is 9.64. The van der Waals surface area contributed by atoms with Gasteiger partial charge in [-0.2, -0.15) is 15.1 Å². The van der Waals surface area contributed by atoms with Crippen molar-refractivity contribution in [1.29, 1.82) is 0 Å². The summed E-state index contributed by atoms with van der Waals surface area (Å²) in [7, 11) is 1.88. The minimum Gasteiger partial charge on any atom is -0.462 e. The first-order valence-corrected chi connectivity index (χ1v) is 9.64. The number of hydrogen-bond donors (Lipinski definition) is 1. The summed E-state index contributed by atoms with van der Waals surface area (Å²) in [5.41, 5.74) is 2.12. The highest BCUT2D eigenvalue weighted by Gasteiger charge is 2.19. The van der Waals surface area contributed by atoms with E-state index >= 15 is 0 Å². The van der Waals surface area contributed by atoms with Crippen LogP contribution in [-0.4, -0.2) is 45.4 Å². The predicted molar refractivity (Wildman–Crippen MR) is 108 cm³/mol. The Kier molecular flexibility index (Phi) is 5.10. The van der Waals surface area contributed by atoms with E-state index in [1.54, 1.807) is 23.7 Å². The lowest BCUT2D eigenvalue weighted by atomic mass is 10.1. The Morgan fingerprint density at radius 3 is 2.61 bits per heavy atom. The molecule has 1 N–H and O–H groups in total. The van der Waals surface area contributed by atoms with Crippen LogP contribution in [0.15, 0.2) is 30.5 Å². The van der Waals surface area contributed by atoms with Crippen LogP contribution in [0.2, 0.25) is 0 Å². The number of piperidine rings is 1. The molecule has 0 atom stereocenters. The third kappa shape index (κ3) is 3.62. The molecule has 1 fully saturated rings. The van der Waals surface area contributed by atoms with Crippen LogP contribution in [0.25, 0.3) is 11.0 Å². The van der Waals surface area contributed by atoms with Crippen LogP contribution in [0.3, 0.4) is 0 Å². The van der Waals surface area contributed by atoms with Crippen molar-refractivity contribution in [2.75, 3.05) is 29.9 Å². The summed E-state index contributed by atoms with van der Waals surface area (Å²) in [4.78, 5) is 23.5. The highest BCUT2D eigenvalue weighted by molar-refractivity contribution is 5.90. The monoisotopic (exact) mass is 380 g/mol. The number of nitrogens with one attached hydrogen (secondary N) is 1. The van der Waals surface area contributed by atoms with Crippen LogP contribution in [-0.2, 0) is 11.8 Å². The van der Waals surface area contributed by atoms with Gasteiger partial charge in [-0.05, 0) is 50.5 Å². The molecule has 0 bridgehead atoms. The van der Waals surface area contributed by atoms with E-state index in [4.69, 9.17) is 9.72 Å². The zero-order valence-corrected chi connectivity index (χ0v) is 16.2. The molecule has 0 amide bonds. The Labute approximate surface area is 163 Å². The normalized spacial score (nSPS) is 14.3. The third-order valence-corrected chi connectivity index (χ3v) is 4.88. The number of carbonyl (C=O) groups excluding carboxylic acids is 1. The number of carbonyl (C=O) groups is 1. The highest BCUT2D eigenvalue weighted by Crippen LogP contribution is 2.28. The number of ether oxygens (including phenoxy) is 1. The summed E-state index contributed by atoms with van der Waals surface area (Å²) < 4.78 is 6.79. The number of benzene rings is 1. The summed E-state index contributed by atoms with van der Waals surface area (Å²) >= 11 is 0. The smallest absolute Gasteiger partial charge is 0.338 e. The quantitative estimate of drug-likeness (QED) is 0.680. The fourth-order valence-corrected chi connectivity index (χ4v) is 3.44. The molecule has 0 aliphatic carbocycles. The molecule has 0 spiro atoms. The predicted octanol–water partition coefficient (Wildman–Crippen LogP) is 3.27. The van der Waals surface area contributed by atoms with Gasteiger partial charge in [0.15, 0.2) is 5.65 Å². The van der Waals surface area contributed by atoms with Gasteiger partial charge in [0, 0.05) is 25.8 Å². The van der Waals surface area contributed by atoms with Crippen molar-refractivity contribution in [2.24, 2.45) is 7.05 Å². The molecule has 3 heterocycles. The summed E-state index contributed by atoms with van der Waals surface area (Å²) in [5, 5.41) is 8.57. The molecule has 2 aromatic heterocycles. The zero-order chi connectivity index (χ0) is 19.5. The lowest BCUT2D eigenvalue weighted by molar-refractivity contribution is 0.0526. The fourth-order valence-electron chi connectivity index (χ4n) is 3.44. The van der Waals surface area contributed by atoms with Crippen LogP contribution < -0.4 is 10.2 Å².